The molecule has 2 atom stereocenters. The van der Waals surface area contributed by atoms with Crippen LogP contribution in [0.2, 0.25) is 0 Å². The van der Waals surface area contributed by atoms with Crippen LogP contribution in [0.3, 0.4) is 0 Å². The number of carbonyl (C=O) groups excluding carboxylic acids is 1. The van der Waals surface area contributed by atoms with Gasteiger partial charge in [0, 0.05) is 24.7 Å². The Hall–Kier alpha value is -0.810. The van der Waals surface area contributed by atoms with E-state index in [0.29, 0.717) is 12.6 Å². The highest BCUT2D eigenvalue weighted by Gasteiger charge is 2.49. The molecule has 3 aliphatic heterocycles. The molecule has 0 aromatic rings. The maximum Gasteiger partial charge on any atom is 0.409 e. The molecule has 0 bridgehead atoms. The number of nitrogens with zero attached hydrogens (tertiary/aromatic N) is 2. The van der Waals surface area contributed by atoms with Crippen LogP contribution in [0.4, 0.5) is 4.79 Å². The normalized spacial score (nSPS) is 31.6. The van der Waals surface area contributed by atoms with Crippen molar-refractivity contribution in [1.29, 1.82) is 0 Å². The molecule has 5 heteroatoms. The molecule has 0 unspecified atom stereocenters. The van der Waals surface area contributed by atoms with Gasteiger partial charge in [-0.25, -0.2) is 4.79 Å². The van der Waals surface area contributed by atoms with Crippen LogP contribution < -0.4 is 0 Å². The first-order chi connectivity index (χ1) is 11.1. The second-order valence-electron chi connectivity index (χ2n) is 7.70. The predicted octanol–water partition coefficient (Wildman–Crippen LogP) is 3.03. The zero-order chi connectivity index (χ0) is 16.3. The van der Waals surface area contributed by atoms with Gasteiger partial charge in [-0.15, -0.1) is 0 Å². The monoisotopic (exact) mass is 324 g/mol. The molecule has 0 radical (unpaired) electrons. The summed E-state index contributed by atoms with van der Waals surface area (Å²) in [5.74, 6) is 0. The van der Waals surface area contributed by atoms with Gasteiger partial charge in [0.05, 0.1) is 12.7 Å². The highest BCUT2D eigenvalue weighted by molar-refractivity contribution is 5.67. The van der Waals surface area contributed by atoms with E-state index in [0.717, 1.165) is 45.5 Å². The minimum Gasteiger partial charge on any atom is -0.448 e. The van der Waals surface area contributed by atoms with Gasteiger partial charge in [0.1, 0.15) is 6.61 Å². The lowest BCUT2D eigenvalue weighted by Gasteiger charge is -2.35. The van der Waals surface area contributed by atoms with Gasteiger partial charge in [-0.2, -0.15) is 0 Å². The smallest absolute Gasteiger partial charge is 0.409 e. The van der Waals surface area contributed by atoms with E-state index in [1.54, 1.807) is 0 Å². The summed E-state index contributed by atoms with van der Waals surface area (Å²) in [6.07, 6.45) is 8.37. The molecular weight excluding hydrogens is 292 g/mol. The average molecular weight is 324 g/mol. The lowest BCUT2D eigenvalue weighted by Crippen LogP contribution is -2.48. The van der Waals surface area contributed by atoms with Gasteiger partial charge in [-0.05, 0) is 65.3 Å². The summed E-state index contributed by atoms with van der Waals surface area (Å²) in [6, 6.07) is 0.377. The third kappa shape index (κ3) is 3.82. The molecule has 0 spiro atoms. The van der Waals surface area contributed by atoms with E-state index in [-0.39, 0.29) is 17.7 Å². The van der Waals surface area contributed by atoms with Crippen molar-refractivity contribution in [2.24, 2.45) is 0 Å². The molecule has 23 heavy (non-hydrogen) atoms. The fourth-order valence-corrected chi connectivity index (χ4v) is 4.45. The van der Waals surface area contributed by atoms with Crippen LogP contribution in [0.15, 0.2) is 0 Å². The van der Waals surface area contributed by atoms with Crippen LogP contribution in [-0.2, 0) is 9.47 Å². The van der Waals surface area contributed by atoms with Crippen molar-refractivity contribution in [2.45, 2.75) is 76.5 Å². The van der Waals surface area contributed by atoms with Gasteiger partial charge in [0.15, 0.2) is 0 Å². The first-order valence-corrected chi connectivity index (χ1v) is 9.41. The molecule has 0 aromatic heterocycles. The fraction of sp³-hybridized carbons (Fsp3) is 0.944. The van der Waals surface area contributed by atoms with Crippen molar-refractivity contribution in [1.82, 2.24) is 9.80 Å². The van der Waals surface area contributed by atoms with E-state index in [4.69, 9.17) is 9.47 Å². The zero-order valence-electron chi connectivity index (χ0n) is 14.8. The maximum absolute atomic E-state index is 12.2. The van der Waals surface area contributed by atoms with Crippen molar-refractivity contribution >= 4 is 6.09 Å². The number of amides is 1. The largest absolute Gasteiger partial charge is 0.448 e. The molecule has 132 valence electrons. The molecular formula is C18H32N2O3. The van der Waals surface area contributed by atoms with Gasteiger partial charge in [0.25, 0.3) is 0 Å². The quantitative estimate of drug-likeness (QED) is 0.779. The van der Waals surface area contributed by atoms with E-state index < -0.39 is 0 Å². The Bertz CT molecular complexity index is 409. The van der Waals surface area contributed by atoms with Crippen molar-refractivity contribution < 1.29 is 14.3 Å². The lowest BCUT2D eigenvalue weighted by atomic mass is 9.95. The Morgan fingerprint density at radius 1 is 1.13 bits per heavy atom. The summed E-state index contributed by atoms with van der Waals surface area (Å²) in [6.45, 7) is 8.40. The van der Waals surface area contributed by atoms with Crippen LogP contribution >= 0.6 is 0 Å². The van der Waals surface area contributed by atoms with E-state index in [2.05, 4.69) is 18.7 Å². The van der Waals surface area contributed by atoms with Gasteiger partial charge < -0.3 is 14.4 Å². The Morgan fingerprint density at radius 2 is 1.91 bits per heavy atom. The number of rotatable bonds is 5. The first kappa shape index (κ1) is 17.0. The standard InChI is InChI=1S/C18H32N2O3/c1-15(2)23-14-18-8-6-12-20(18)16(7-9-18)13-22-17(21)19-10-4-3-5-11-19/h15-16H,3-14H2,1-2H3/t16-,18-/m0/s1. The molecule has 3 rings (SSSR count). The summed E-state index contributed by atoms with van der Waals surface area (Å²) < 4.78 is 11.6. The third-order valence-corrected chi connectivity index (χ3v) is 5.73. The van der Waals surface area contributed by atoms with E-state index in [1.807, 2.05) is 4.90 Å². The number of ether oxygens (including phenoxy) is 2. The summed E-state index contributed by atoms with van der Waals surface area (Å²) >= 11 is 0. The Balaban J connectivity index is 1.50. The minimum atomic E-state index is -0.111. The summed E-state index contributed by atoms with van der Waals surface area (Å²) in [5.41, 5.74) is 0.201. The summed E-state index contributed by atoms with van der Waals surface area (Å²) in [7, 11) is 0. The van der Waals surface area contributed by atoms with Gasteiger partial charge in [-0.1, -0.05) is 0 Å². The average Bonchev–Trinajstić information content (AvgIpc) is 3.11. The van der Waals surface area contributed by atoms with E-state index >= 15 is 0 Å². The van der Waals surface area contributed by atoms with Crippen LogP contribution in [0.1, 0.15) is 58.8 Å². The Kier molecular flexibility index (Phi) is 5.47. The molecule has 5 nitrogen and oxygen atoms in total. The molecule has 3 fully saturated rings. The van der Waals surface area contributed by atoms with Crippen LogP contribution in [0.25, 0.3) is 0 Å². The number of carbonyl (C=O) groups is 1. The number of hydrogen-bond acceptors (Lipinski definition) is 4. The first-order valence-electron chi connectivity index (χ1n) is 9.41. The number of piperidine rings is 1. The molecule has 0 saturated carbocycles. The summed E-state index contributed by atoms with van der Waals surface area (Å²) in [4.78, 5) is 16.6. The van der Waals surface area contributed by atoms with Gasteiger partial charge >= 0.3 is 6.09 Å². The number of fused-ring (bicyclic) bond motifs is 1. The zero-order valence-corrected chi connectivity index (χ0v) is 14.8. The second-order valence-corrected chi connectivity index (χ2v) is 7.70. The van der Waals surface area contributed by atoms with Crippen LogP contribution in [-0.4, -0.2) is 66.4 Å². The molecule has 0 N–H and O–H groups in total. The van der Waals surface area contributed by atoms with Gasteiger partial charge in [0.2, 0.25) is 0 Å². The number of likely N-dealkylation sites (tertiary alicyclic amines) is 1. The predicted molar refractivity (Wildman–Crippen MR) is 89.6 cm³/mol. The molecule has 3 aliphatic rings. The molecule has 0 aromatic carbocycles. The van der Waals surface area contributed by atoms with Crippen LogP contribution in [0, 0.1) is 0 Å². The Labute approximate surface area is 140 Å². The minimum absolute atomic E-state index is 0.111. The number of hydrogen-bond donors (Lipinski definition) is 0. The molecule has 0 aliphatic carbocycles. The second kappa shape index (κ2) is 7.39. The van der Waals surface area contributed by atoms with Crippen molar-refractivity contribution in [3.8, 4) is 0 Å². The van der Waals surface area contributed by atoms with Gasteiger partial charge in [-0.3, -0.25) is 4.90 Å². The highest BCUT2D eigenvalue weighted by atomic mass is 16.6. The maximum atomic E-state index is 12.2. The SMILES string of the molecule is CC(C)OC[C@@]12CCCN1[C@H](COC(=O)N1CCCCC1)CC2. The van der Waals surface area contributed by atoms with E-state index in [1.165, 1.54) is 25.7 Å². The van der Waals surface area contributed by atoms with Crippen LogP contribution in [0.5, 0.6) is 0 Å². The third-order valence-electron chi connectivity index (χ3n) is 5.73. The molecule has 3 heterocycles. The molecule has 1 amide bonds. The van der Waals surface area contributed by atoms with E-state index in [9.17, 15) is 4.79 Å². The van der Waals surface area contributed by atoms with Crippen molar-refractivity contribution in [3.05, 3.63) is 0 Å². The summed E-state index contributed by atoms with van der Waals surface area (Å²) in [5, 5.41) is 0. The molecule has 3 saturated heterocycles. The topological polar surface area (TPSA) is 42.0 Å². The lowest BCUT2D eigenvalue weighted by molar-refractivity contribution is -0.0129. The Morgan fingerprint density at radius 3 is 2.65 bits per heavy atom. The van der Waals surface area contributed by atoms with Crippen molar-refractivity contribution in [3.63, 3.8) is 0 Å². The highest BCUT2D eigenvalue weighted by Crippen LogP contribution is 2.42. The van der Waals surface area contributed by atoms with Crippen molar-refractivity contribution in [2.75, 3.05) is 32.8 Å². The fourth-order valence-electron chi connectivity index (χ4n) is 4.45.